The van der Waals surface area contributed by atoms with Crippen LogP contribution in [0.25, 0.3) is 0 Å². The summed E-state index contributed by atoms with van der Waals surface area (Å²) in [5, 5.41) is 2.60. The van der Waals surface area contributed by atoms with E-state index in [1.807, 2.05) is 19.1 Å². The number of rotatable bonds is 2. The first-order valence-corrected chi connectivity index (χ1v) is 6.36. The van der Waals surface area contributed by atoms with Crippen LogP contribution in [-0.2, 0) is 11.3 Å². The van der Waals surface area contributed by atoms with Crippen LogP contribution in [0.4, 0.5) is 13.6 Å². The Balaban J connectivity index is 1.91. The van der Waals surface area contributed by atoms with Gasteiger partial charge in [0.05, 0.1) is 25.4 Å². The molecule has 0 saturated carbocycles. The molecule has 0 aliphatic carbocycles. The van der Waals surface area contributed by atoms with Crippen LogP contribution in [0.5, 0.6) is 0 Å². The van der Waals surface area contributed by atoms with Gasteiger partial charge in [-0.1, -0.05) is 0 Å². The summed E-state index contributed by atoms with van der Waals surface area (Å²) >= 11 is 0. The van der Waals surface area contributed by atoms with E-state index in [0.717, 1.165) is 10.5 Å². The number of aromatic nitrogens is 1. The van der Waals surface area contributed by atoms with Crippen LogP contribution in [0.1, 0.15) is 11.3 Å². The number of amides is 2. The maximum absolute atomic E-state index is 13.3. The van der Waals surface area contributed by atoms with E-state index in [2.05, 4.69) is 10.3 Å². The standard InChI is InChI=1S/C13H17F2N3O2/c1-10-2-3-16-11(6-10)7-17-12(19)18-4-5-20-9-13(14,15)8-18/h2-3,6H,4-5,7-9H2,1H3,(H,17,19). The van der Waals surface area contributed by atoms with Crippen molar-refractivity contribution in [3.63, 3.8) is 0 Å². The second-order valence-corrected chi connectivity index (χ2v) is 4.81. The molecule has 1 aliphatic heterocycles. The van der Waals surface area contributed by atoms with Gasteiger partial charge in [0.2, 0.25) is 0 Å². The van der Waals surface area contributed by atoms with Crippen molar-refractivity contribution in [3.8, 4) is 0 Å². The molecule has 7 heteroatoms. The number of carbonyl (C=O) groups excluding carboxylic acids is 1. The van der Waals surface area contributed by atoms with Gasteiger partial charge in [-0.3, -0.25) is 4.98 Å². The van der Waals surface area contributed by atoms with Crippen molar-refractivity contribution < 1.29 is 18.3 Å². The number of nitrogens with one attached hydrogen (secondary N) is 1. The van der Waals surface area contributed by atoms with Crippen LogP contribution in [0.15, 0.2) is 18.3 Å². The molecule has 0 spiro atoms. The molecule has 110 valence electrons. The van der Waals surface area contributed by atoms with Gasteiger partial charge in [-0.2, -0.15) is 0 Å². The van der Waals surface area contributed by atoms with Gasteiger partial charge in [0.25, 0.3) is 5.92 Å². The summed E-state index contributed by atoms with van der Waals surface area (Å²) < 4.78 is 31.4. The van der Waals surface area contributed by atoms with Gasteiger partial charge in [-0.15, -0.1) is 0 Å². The predicted octanol–water partition coefficient (Wildman–Crippen LogP) is 1.57. The minimum atomic E-state index is -3.00. The number of ether oxygens (including phenoxy) is 1. The third-order valence-electron chi connectivity index (χ3n) is 2.92. The number of hydrogen-bond donors (Lipinski definition) is 1. The van der Waals surface area contributed by atoms with Crippen LogP contribution in [0.3, 0.4) is 0 Å². The fraction of sp³-hybridized carbons (Fsp3) is 0.538. The molecular weight excluding hydrogens is 268 g/mol. The SMILES string of the molecule is Cc1ccnc(CNC(=O)N2CCOCC(F)(F)C2)c1. The second-order valence-electron chi connectivity index (χ2n) is 4.81. The number of hydrogen-bond acceptors (Lipinski definition) is 3. The number of alkyl halides is 2. The lowest BCUT2D eigenvalue weighted by molar-refractivity contribution is -0.0652. The molecule has 20 heavy (non-hydrogen) atoms. The molecule has 1 aliphatic rings. The van der Waals surface area contributed by atoms with Crippen LogP contribution < -0.4 is 5.32 Å². The zero-order valence-corrected chi connectivity index (χ0v) is 11.2. The van der Waals surface area contributed by atoms with Crippen molar-refractivity contribution in [1.29, 1.82) is 0 Å². The van der Waals surface area contributed by atoms with Gasteiger partial charge >= 0.3 is 6.03 Å². The average molecular weight is 285 g/mol. The van der Waals surface area contributed by atoms with Crippen molar-refractivity contribution >= 4 is 6.03 Å². The first-order valence-electron chi connectivity index (χ1n) is 6.36. The monoisotopic (exact) mass is 285 g/mol. The minimum Gasteiger partial charge on any atom is -0.373 e. The topological polar surface area (TPSA) is 54.5 Å². The quantitative estimate of drug-likeness (QED) is 0.897. The maximum atomic E-state index is 13.3. The van der Waals surface area contributed by atoms with E-state index in [1.165, 1.54) is 0 Å². The van der Waals surface area contributed by atoms with E-state index >= 15 is 0 Å². The number of urea groups is 1. The Labute approximate surface area is 115 Å². The van der Waals surface area contributed by atoms with E-state index in [-0.39, 0.29) is 19.7 Å². The molecule has 1 N–H and O–H groups in total. The number of carbonyl (C=O) groups is 1. The van der Waals surface area contributed by atoms with Gasteiger partial charge in [0, 0.05) is 12.7 Å². The molecule has 0 aromatic carbocycles. The summed E-state index contributed by atoms with van der Waals surface area (Å²) in [6, 6.07) is 3.15. The number of nitrogens with zero attached hydrogens (tertiary/aromatic N) is 2. The maximum Gasteiger partial charge on any atom is 0.318 e. The molecule has 2 heterocycles. The number of pyridine rings is 1. The van der Waals surface area contributed by atoms with Crippen LogP contribution in [-0.4, -0.2) is 48.1 Å². The Kier molecular flexibility index (Phi) is 4.49. The van der Waals surface area contributed by atoms with Crippen molar-refractivity contribution in [3.05, 3.63) is 29.6 Å². The first-order chi connectivity index (χ1) is 9.46. The lowest BCUT2D eigenvalue weighted by atomic mass is 10.2. The predicted molar refractivity (Wildman–Crippen MR) is 68.5 cm³/mol. The summed E-state index contributed by atoms with van der Waals surface area (Å²) in [5.74, 6) is -3.00. The molecule has 0 bridgehead atoms. The fourth-order valence-corrected chi connectivity index (χ4v) is 1.95. The number of aryl methyl sites for hydroxylation is 1. The van der Waals surface area contributed by atoms with Gasteiger partial charge in [-0.05, 0) is 24.6 Å². The van der Waals surface area contributed by atoms with E-state index < -0.39 is 25.1 Å². The molecule has 1 aromatic heterocycles. The Morgan fingerprint density at radius 3 is 3.15 bits per heavy atom. The molecule has 0 atom stereocenters. The van der Waals surface area contributed by atoms with E-state index in [0.29, 0.717) is 5.69 Å². The molecule has 0 unspecified atom stereocenters. The van der Waals surface area contributed by atoms with E-state index in [9.17, 15) is 13.6 Å². The highest BCUT2D eigenvalue weighted by atomic mass is 19.3. The first kappa shape index (κ1) is 14.6. The minimum absolute atomic E-state index is 0.117. The van der Waals surface area contributed by atoms with Gasteiger partial charge in [0.15, 0.2) is 0 Å². The highest BCUT2D eigenvalue weighted by molar-refractivity contribution is 5.74. The summed E-state index contributed by atoms with van der Waals surface area (Å²) in [4.78, 5) is 17.1. The average Bonchev–Trinajstić information content (AvgIpc) is 2.57. The molecule has 1 fully saturated rings. The largest absolute Gasteiger partial charge is 0.373 e. The van der Waals surface area contributed by atoms with Crippen molar-refractivity contribution in [2.45, 2.75) is 19.4 Å². The zero-order valence-electron chi connectivity index (χ0n) is 11.2. The lowest BCUT2D eigenvalue weighted by Gasteiger charge is -2.23. The van der Waals surface area contributed by atoms with Crippen molar-refractivity contribution in [2.24, 2.45) is 0 Å². The second kappa shape index (κ2) is 6.13. The Morgan fingerprint density at radius 2 is 2.40 bits per heavy atom. The van der Waals surface area contributed by atoms with E-state index in [4.69, 9.17) is 4.74 Å². The summed E-state index contributed by atoms with van der Waals surface area (Å²) in [7, 11) is 0. The van der Waals surface area contributed by atoms with Crippen LogP contribution in [0.2, 0.25) is 0 Å². The van der Waals surface area contributed by atoms with Gasteiger partial charge < -0.3 is 15.0 Å². The molecular formula is C13H17F2N3O2. The molecule has 1 aromatic rings. The Hall–Kier alpha value is -1.76. The van der Waals surface area contributed by atoms with Crippen LogP contribution >= 0.6 is 0 Å². The molecule has 2 rings (SSSR count). The van der Waals surface area contributed by atoms with Crippen LogP contribution in [0, 0.1) is 6.92 Å². The lowest BCUT2D eigenvalue weighted by Crippen LogP contribution is -2.45. The molecule has 2 amide bonds. The zero-order chi connectivity index (χ0) is 14.6. The summed E-state index contributed by atoms with van der Waals surface area (Å²) in [5.41, 5.74) is 1.72. The smallest absolute Gasteiger partial charge is 0.318 e. The highest BCUT2D eigenvalue weighted by Gasteiger charge is 2.36. The fourth-order valence-electron chi connectivity index (χ4n) is 1.95. The Bertz CT molecular complexity index is 482. The molecule has 1 saturated heterocycles. The van der Waals surface area contributed by atoms with Gasteiger partial charge in [0.1, 0.15) is 6.61 Å². The van der Waals surface area contributed by atoms with Crippen molar-refractivity contribution in [1.82, 2.24) is 15.2 Å². The third-order valence-corrected chi connectivity index (χ3v) is 2.92. The third kappa shape index (κ3) is 4.12. The summed E-state index contributed by atoms with van der Waals surface area (Å²) in [6.45, 7) is 1.13. The highest BCUT2D eigenvalue weighted by Crippen LogP contribution is 2.18. The normalized spacial score (nSPS) is 18.4. The Morgan fingerprint density at radius 1 is 1.60 bits per heavy atom. The molecule has 5 nitrogen and oxygen atoms in total. The van der Waals surface area contributed by atoms with Crippen molar-refractivity contribution in [2.75, 3.05) is 26.3 Å². The van der Waals surface area contributed by atoms with E-state index in [1.54, 1.807) is 6.20 Å². The van der Waals surface area contributed by atoms with Gasteiger partial charge in [-0.25, -0.2) is 13.6 Å². The number of halogens is 2. The summed E-state index contributed by atoms with van der Waals surface area (Å²) in [6.07, 6.45) is 1.64. The molecule has 0 radical (unpaired) electrons.